The van der Waals surface area contributed by atoms with Gasteiger partial charge in [-0.3, -0.25) is 4.79 Å². The van der Waals surface area contributed by atoms with Crippen molar-refractivity contribution in [3.05, 3.63) is 11.9 Å². The van der Waals surface area contributed by atoms with Gasteiger partial charge in [0.25, 0.3) is 0 Å². The van der Waals surface area contributed by atoms with Crippen molar-refractivity contribution in [3.63, 3.8) is 0 Å². The molecule has 0 aliphatic carbocycles. The second kappa shape index (κ2) is 5.69. The van der Waals surface area contributed by atoms with E-state index in [9.17, 15) is 4.79 Å². The summed E-state index contributed by atoms with van der Waals surface area (Å²) in [6.07, 6.45) is 1.90. The number of nitrogens with one attached hydrogen (secondary N) is 2. The number of hydrogen-bond acceptors (Lipinski definition) is 4. The van der Waals surface area contributed by atoms with Crippen molar-refractivity contribution in [2.24, 2.45) is 0 Å². The van der Waals surface area contributed by atoms with E-state index >= 15 is 0 Å². The van der Waals surface area contributed by atoms with Crippen molar-refractivity contribution in [1.29, 1.82) is 0 Å². The molecular formula is C13H25N5O. The first-order chi connectivity index (χ1) is 8.58. The van der Waals surface area contributed by atoms with Crippen LogP contribution in [0.15, 0.2) is 6.20 Å². The molecule has 108 valence electrons. The van der Waals surface area contributed by atoms with Gasteiger partial charge in [-0.15, -0.1) is 5.10 Å². The molecule has 0 aliphatic rings. The molecule has 0 saturated carbocycles. The van der Waals surface area contributed by atoms with Gasteiger partial charge in [-0.05, 0) is 41.5 Å². The van der Waals surface area contributed by atoms with E-state index in [1.807, 2.05) is 31.6 Å². The van der Waals surface area contributed by atoms with E-state index in [1.165, 1.54) is 0 Å². The lowest BCUT2D eigenvalue weighted by molar-refractivity contribution is -0.121. The Labute approximate surface area is 115 Å². The quantitative estimate of drug-likeness (QED) is 0.855. The average molecular weight is 267 g/mol. The largest absolute Gasteiger partial charge is 0.350 e. The minimum atomic E-state index is -0.200. The first-order valence-corrected chi connectivity index (χ1v) is 6.51. The number of amides is 1. The Balaban J connectivity index is 2.38. The van der Waals surface area contributed by atoms with Crippen molar-refractivity contribution < 1.29 is 4.79 Å². The molecule has 1 aromatic rings. The summed E-state index contributed by atoms with van der Waals surface area (Å²) in [4.78, 5) is 11.6. The van der Waals surface area contributed by atoms with Crippen LogP contribution in [0.3, 0.4) is 0 Å². The Bertz CT molecular complexity index is 425. The summed E-state index contributed by atoms with van der Waals surface area (Å²) >= 11 is 0. The van der Waals surface area contributed by atoms with Crippen LogP contribution >= 0.6 is 0 Å². The molecule has 0 unspecified atom stereocenters. The van der Waals surface area contributed by atoms with E-state index in [4.69, 9.17) is 0 Å². The van der Waals surface area contributed by atoms with Gasteiger partial charge in [0.2, 0.25) is 5.91 Å². The molecule has 2 N–H and O–H groups in total. The van der Waals surface area contributed by atoms with Crippen molar-refractivity contribution in [2.75, 3.05) is 6.54 Å². The maximum absolute atomic E-state index is 11.6. The molecule has 0 aromatic carbocycles. The highest BCUT2D eigenvalue weighted by Gasteiger charge is 2.15. The number of carbonyl (C=O) groups excluding carboxylic acids is 1. The Hall–Kier alpha value is -1.43. The van der Waals surface area contributed by atoms with E-state index in [-0.39, 0.29) is 23.5 Å². The van der Waals surface area contributed by atoms with Crippen molar-refractivity contribution >= 4 is 5.91 Å². The van der Waals surface area contributed by atoms with Gasteiger partial charge in [-0.1, -0.05) is 5.21 Å². The van der Waals surface area contributed by atoms with Gasteiger partial charge < -0.3 is 10.6 Å². The predicted molar refractivity (Wildman–Crippen MR) is 74.6 cm³/mol. The van der Waals surface area contributed by atoms with E-state index in [1.54, 1.807) is 0 Å². The van der Waals surface area contributed by atoms with E-state index in [0.29, 0.717) is 6.54 Å². The SMILES string of the molecule is CC(C)(C)NC(=O)CNCc1cn(C(C)(C)C)nn1. The zero-order valence-electron chi connectivity index (χ0n) is 12.7. The van der Waals surface area contributed by atoms with E-state index in [0.717, 1.165) is 5.69 Å². The van der Waals surface area contributed by atoms with Gasteiger partial charge in [0.1, 0.15) is 0 Å². The molecule has 0 fully saturated rings. The smallest absolute Gasteiger partial charge is 0.234 e. The summed E-state index contributed by atoms with van der Waals surface area (Å²) in [5, 5.41) is 14.1. The minimum Gasteiger partial charge on any atom is -0.350 e. The third-order valence-corrected chi connectivity index (χ3v) is 2.33. The normalized spacial score (nSPS) is 12.5. The molecule has 1 heterocycles. The molecule has 1 amide bonds. The van der Waals surface area contributed by atoms with Crippen LogP contribution in [0.4, 0.5) is 0 Å². The maximum Gasteiger partial charge on any atom is 0.234 e. The number of hydrogen-bond donors (Lipinski definition) is 2. The van der Waals surface area contributed by atoms with Crippen LogP contribution in [0.1, 0.15) is 47.2 Å². The first kappa shape index (κ1) is 15.6. The van der Waals surface area contributed by atoms with E-state index in [2.05, 4.69) is 41.7 Å². The fourth-order valence-corrected chi connectivity index (χ4v) is 1.47. The molecule has 19 heavy (non-hydrogen) atoms. The monoisotopic (exact) mass is 267 g/mol. The van der Waals surface area contributed by atoms with Crippen molar-refractivity contribution in [2.45, 2.75) is 59.2 Å². The summed E-state index contributed by atoms with van der Waals surface area (Å²) in [7, 11) is 0. The first-order valence-electron chi connectivity index (χ1n) is 6.51. The highest BCUT2D eigenvalue weighted by Crippen LogP contribution is 2.11. The second-order valence-corrected chi connectivity index (χ2v) is 6.73. The van der Waals surface area contributed by atoms with Gasteiger partial charge in [0.15, 0.2) is 0 Å². The molecule has 0 bridgehead atoms. The standard InChI is InChI=1S/C13H25N5O/c1-12(2,3)15-11(19)8-14-7-10-9-18(17-16-10)13(4,5)6/h9,14H,7-8H2,1-6H3,(H,15,19). The Kier molecular flexibility index (Phi) is 4.68. The number of nitrogens with zero attached hydrogens (tertiary/aromatic N) is 3. The van der Waals surface area contributed by atoms with Crippen LogP contribution in [0.5, 0.6) is 0 Å². The van der Waals surface area contributed by atoms with Crippen LogP contribution in [0.2, 0.25) is 0 Å². The number of rotatable bonds is 4. The second-order valence-electron chi connectivity index (χ2n) is 6.73. The lowest BCUT2D eigenvalue weighted by Crippen LogP contribution is -2.44. The van der Waals surface area contributed by atoms with Gasteiger partial charge in [-0.2, -0.15) is 0 Å². The summed E-state index contributed by atoms with van der Waals surface area (Å²) in [6.45, 7) is 12.9. The van der Waals surface area contributed by atoms with Crippen molar-refractivity contribution in [1.82, 2.24) is 25.6 Å². The van der Waals surface area contributed by atoms with Crippen LogP contribution in [0.25, 0.3) is 0 Å². The maximum atomic E-state index is 11.6. The van der Waals surface area contributed by atoms with Gasteiger partial charge in [0.05, 0.1) is 24.0 Å². The summed E-state index contributed by atoms with van der Waals surface area (Å²) < 4.78 is 1.82. The lowest BCUT2D eigenvalue weighted by atomic mass is 10.1. The lowest BCUT2D eigenvalue weighted by Gasteiger charge is -2.20. The van der Waals surface area contributed by atoms with E-state index < -0.39 is 0 Å². The zero-order chi connectivity index (χ0) is 14.7. The van der Waals surface area contributed by atoms with Crippen LogP contribution in [-0.2, 0) is 16.9 Å². The summed E-state index contributed by atoms with van der Waals surface area (Å²) in [5.74, 6) is -0.0179. The molecule has 0 aliphatic heterocycles. The zero-order valence-corrected chi connectivity index (χ0v) is 12.7. The molecule has 1 aromatic heterocycles. The number of carbonyl (C=O) groups is 1. The molecule has 6 heteroatoms. The molecule has 0 saturated heterocycles. The van der Waals surface area contributed by atoms with Crippen LogP contribution < -0.4 is 10.6 Å². The Morgan fingerprint density at radius 1 is 1.26 bits per heavy atom. The fraction of sp³-hybridized carbons (Fsp3) is 0.769. The topological polar surface area (TPSA) is 71.8 Å². The van der Waals surface area contributed by atoms with Gasteiger partial charge >= 0.3 is 0 Å². The fourth-order valence-electron chi connectivity index (χ4n) is 1.47. The van der Waals surface area contributed by atoms with Crippen LogP contribution in [0, 0.1) is 0 Å². The third-order valence-electron chi connectivity index (χ3n) is 2.33. The molecule has 0 radical (unpaired) electrons. The van der Waals surface area contributed by atoms with Crippen molar-refractivity contribution in [3.8, 4) is 0 Å². The molecule has 1 rings (SSSR count). The number of aromatic nitrogens is 3. The third kappa shape index (κ3) is 5.83. The van der Waals surface area contributed by atoms with Gasteiger partial charge in [-0.25, -0.2) is 4.68 Å². The molecular weight excluding hydrogens is 242 g/mol. The van der Waals surface area contributed by atoms with Gasteiger partial charge in [0, 0.05) is 12.1 Å². The summed E-state index contributed by atoms with van der Waals surface area (Å²) in [6, 6.07) is 0. The summed E-state index contributed by atoms with van der Waals surface area (Å²) in [5.41, 5.74) is 0.557. The molecule has 0 spiro atoms. The highest BCUT2D eigenvalue weighted by molar-refractivity contribution is 5.78. The Morgan fingerprint density at radius 3 is 2.37 bits per heavy atom. The predicted octanol–water partition coefficient (Wildman–Crippen LogP) is 1.04. The van der Waals surface area contributed by atoms with Crippen LogP contribution in [-0.4, -0.2) is 33.0 Å². The molecule has 6 nitrogen and oxygen atoms in total. The molecule has 0 atom stereocenters. The highest BCUT2D eigenvalue weighted by atomic mass is 16.2. The minimum absolute atomic E-state index is 0.0179. The average Bonchev–Trinajstić information content (AvgIpc) is 2.62. The Morgan fingerprint density at radius 2 is 1.89 bits per heavy atom.